The summed E-state index contributed by atoms with van der Waals surface area (Å²) in [6, 6.07) is 8.39. The molecule has 18 heavy (non-hydrogen) atoms. The maximum atomic E-state index is 5.84. The zero-order valence-corrected chi connectivity index (χ0v) is 11.7. The second-order valence-corrected chi connectivity index (χ2v) is 5.17. The van der Waals surface area contributed by atoms with Gasteiger partial charge in [-0.3, -0.25) is 0 Å². The van der Waals surface area contributed by atoms with Gasteiger partial charge in [0.05, 0.1) is 11.6 Å². The third kappa shape index (κ3) is 2.85. The lowest BCUT2D eigenvalue weighted by molar-refractivity contribution is 0.245. The van der Waals surface area contributed by atoms with Crippen molar-refractivity contribution in [3.05, 3.63) is 30.5 Å². The Morgan fingerprint density at radius 3 is 2.67 bits per heavy atom. The van der Waals surface area contributed by atoms with E-state index in [2.05, 4.69) is 61.8 Å². The topological polar surface area (TPSA) is 17.4 Å². The maximum Gasteiger partial charge on any atom is 0.129 e. The molecule has 1 aromatic heterocycles. The number of rotatable bonds is 5. The van der Waals surface area contributed by atoms with E-state index in [1.807, 2.05) is 6.07 Å². The van der Waals surface area contributed by atoms with Crippen LogP contribution in [0.3, 0.4) is 0 Å². The van der Waals surface area contributed by atoms with Crippen LogP contribution >= 0.6 is 0 Å². The first-order chi connectivity index (χ1) is 8.58. The first kappa shape index (κ1) is 13.0. The van der Waals surface area contributed by atoms with Crippen molar-refractivity contribution in [3.8, 4) is 5.75 Å². The fourth-order valence-electron chi connectivity index (χ4n) is 2.05. The highest BCUT2D eigenvalue weighted by Gasteiger charge is 2.07. The summed E-state index contributed by atoms with van der Waals surface area (Å²) in [6.07, 6.45) is 2.35. The lowest BCUT2D eigenvalue weighted by Crippen LogP contribution is -2.17. The molecule has 0 saturated heterocycles. The van der Waals surface area contributed by atoms with Crippen molar-refractivity contribution >= 4 is 10.9 Å². The van der Waals surface area contributed by atoms with Crippen molar-refractivity contribution in [2.24, 2.45) is 0 Å². The van der Waals surface area contributed by atoms with E-state index in [-0.39, 0.29) is 6.10 Å². The SMILES string of the molecule is CC(C)Oc1cccc2c1ccn2CCN(C)C. The van der Waals surface area contributed by atoms with Crippen molar-refractivity contribution < 1.29 is 4.74 Å². The predicted molar refractivity (Wildman–Crippen MR) is 76.3 cm³/mol. The van der Waals surface area contributed by atoms with Gasteiger partial charge in [0.15, 0.2) is 0 Å². The molecule has 0 aliphatic rings. The molecule has 0 aliphatic carbocycles. The number of likely N-dealkylation sites (N-methyl/N-ethyl adjacent to an activating group) is 1. The highest BCUT2D eigenvalue weighted by molar-refractivity contribution is 5.86. The number of nitrogens with zero attached hydrogens (tertiary/aromatic N) is 2. The second kappa shape index (κ2) is 5.44. The van der Waals surface area contributed by atoms with Crippen LogP contribution in [0.4, 0.5) is 0 Å². The first-order valence-corrected chi connectivity index (χ1v) is 6.47. The smallest absolute Gasteiger partial charge is 0.129 e. The molecule has 3 nitrogen and oxygen atoms in total. The van der Waals surface area contributed by atoms with Crippen LogP contribution in [0.15, 0.2) is 30.5 Å². The van der Waals surface area contributed by atoms with Gasteiger partial charge in [-0.2, -0.15) is 0 Å². The molecule has 2 rings (SSSR count). The molecule has 0 radical (unpaired) electrons. The predicted octanol–water partition coefficient (Wildman–Crippen LogP) is 2.99. The van der Waals surface area contributed by atoms with E-state index in [0.717, 1.165) is 18.8 Å². The molecule has 2 aromatic rings. The Hall–Kier alpha value is -1.48. The normalized spacial score (nSPS) is 11.7. The summed E-state index contributed by atoms with van der Waals surface area (Å²) < 4.78 is 8.12. The molecule has 0 saturated carbocycles. The summed E-state index contributed by atoms with van der Waals surface area (Å²) in [5.41, 5.74) is 1.25. The largest absolute Gasteiger partial charge is 0.490 e. The lowest BCUT2D eigenvalue weighted by Gasteiger charge is -2.13. The Balaban J connectivity index is 2.30. The van der Waals surface area contributed by atoms with E-state index in [0.29, 0.717) is 0 Å². The van der Waals surface area contributed by atoms with Crippen LogP contribution in [0.1, 0.15) is 13.8 Å². The van der Waals surface area contributed by atoms with Gasteiger partial charge in [-0.1, -0.05) is 6.07 Å². The summed E-state index contributed by atoms with van der Waals surface area (Å²) in [4.78, 5) is 2.19. The molecule has 0 fully saturated rings. The number of ether oxygens (including phenoxy) is 1. The van der Waals surface area contributed by atoms with Gasteiger partial charge in [0.25, 0.3) is 0 Å². The van der Waals surface area contributed by atoms with Crippen LogP contribution in [0.5, 0.6) is 5.75 Å². The van der Waals surface area contributed by atoms with E-state index in [1.54, 1.807) is 0 Å². The van der Waals surface area contributed by atoms with Gasteiger partial charge in [-0.15, -0.1) is 0 Å². The number of aromatic nitrogens is 1. The fraction of sp³-hybridized carbons (Fsp3) is 0.467. The summed E-state index contributed by atoms with van der Waals surface area (Å²) in [5.74, 6) is 0.978. The van der Waals surface area contributed by atoms with Crippen LogP contribution in [0.25, 0.3) is 10.9 Å². The zero-order chi connectivity index (χ0) is 13.1. The van der Waals surface area contributed by atoms with Gasteiger partial charge < -0.3 is 14.2 Å². The minimum absolute atomic E-state index is 0.209. The summed E-state index contributed by atoms with van der Waals surface area (Å²) in [7, 11) is 4.19. The Morgan fingerprint density at radius 2 is 2.00 bits per heavy atom. The van der Waals surface area contributed by atoms with Crippen LogP contribution in [0.2, 0.25) is 0 Å². The van der Waals surface area contributed by atoms with Crippen molar-refractivity contribution in [1.82, 2.24) is 9.47 Å². The van der Waals surface area contributed by atoms with Crippen molar-refractivity contribution in [1.29, 1.82) is 0 Å². The summed E-state index contributed by atoms with van der Waals surface area (Å²) >= 11 is 0. The second-order valence-electron chi connectivity index (χ2n) is 5.17. The van der Waals surface area contributed by atoms with Gasteiger partial charge in [0, 0.05) is 24.7 Å². The van der Waals surface area contributed by atoms with E-state index in [1.165, 1.54) is 10.9 Å². The van der Waals surface area contributed by atoms with Crippen LogP contribution in [0, 0.1) is 0 Å². The monoisotopic (exact) mass is 246 g/mol. The molecular formula is C15H22N2O. The van der Waals surface area contributed by atoms with Crippen molar-refractivity contribution in [2.75, 3.05) is 20.6 Å². The van der Waals surface area contributed by atoms with Crippen LogP contribution < -0.4 is 4.74 Å². The fourth-order valence-corrected chi connectivity index (χ4v) is 2.05. The molecular weight excluding hydrogens is 224 g/mol. The average molecular weight is 246 g/mol. The highest BCUT2D eigenvalue weighted by Crippen LogP contribution is 2.27. The molecule has 98 valence electrons. The minimum Gasteiger partial charge on any atom is -0.490 e. The van der Waals surface area contributed by atoms with E-state index >= 15 is 0 Å². The standard InChI is InChI=1S/C15H22N2O/c1-12(2)18-15-7-5-6-14-13(15)8-9-17(14)11-10-16(3)4/h5-9,12H,10-11H2,1-4H3. The number of hydrogen-bond donors (Lipinski definition) is 0. The van der Waals surface area contributed by atoms with Gasteiger partial charge in [-0.25, -0.2) is 0 Å². The first-order valence-electron chi connectivity index (χ1n) is 6.47. The molecule has 0 atom stereocenters. The van der Waals surface area contributed by atoms with Gasteiger partial charge >= 0.3 is 0 Å². The zero-order valence-electron chi connectivity index (χ0n) is 11.7. The van der Waals surface area contributed by atoms with Gasteiger partial charge in [0.2, 0.25) is 0 Å². The molecule has 0 N–H and O–H groups in total. The number of benzene rings is 1. The molecule has 0 bridgehead atoms. The maximum absolute atomic E-state index is 5.84. The Kier molecular flexibility index (Phi) is 3.92. The molecule has 0 amide bonds. The van der Waals surface area contributed by atoms with Crippen LogP contribution in [-0.4, -0.2) is 36.2 Å². The molecule has 0 aliphatic heterocycles. The average Bonchev–Trinajstić information content (AvgIpc) is 2.70. The van der Waals surface area contributed by atoms with E-state index in [9.17, 15) is 0 Å². The summed E-state index contributed by atoms with van der Waals surface area (Å²) in [5, 5.41) is 1.20. The third-order valence-corrected chi connectivity index (χ3v) is 2.92. The summed E-state index contributed by atoms with van der Waals surface area (Å²) in [6.45, 7) is 6.16. The Morgan fingerprint density at radius 1 is 1.22 bits per heavy atom. The number of fused-ring (bicyclic) bond motifs is 1. The van der Waals surface area contributed by atoms with Crippen LogP contribution in [-0.2, 0) is 6.54 Å². The molecule has 1 aromatic carbocycles. The molecule has 0 spiro atoms. The molecule has 3 heteroatoms. The minimum atomic E-state index is 0.209. The van der Waals surface area contributed by atoms with Gasteiger partial charge in [-0.05, 0) is 46.1 Å². The molecule has 0 unspecified atom stereocenters. The van der Waals surface area contributed by atoms with Crippen molar-refractivity contribution in [2.45, 2.75) is 26.5 Å². The van der Waals surface area contributed by atoms with E-state index < -0.39 is 0 Å². The van der Waals surface area contributed by atoms with Crippen molar-refractivity contribution in [3.63, 3.8) is 0 Å². The van der Waals surface area contributed by atoms with E-state index in [4.69, 9.17) is 4.74 Å². The Labute approximate surface area is 109 Å². The van der Waals surface area contributed by atoms with Gasteiger partial charge in [0.1, 0.15) is 5.75 Å². The quantitative estimate of drug-likeness (QED) is 0.807. The lowest BCUT2D eigenvalue weighted by atomic mass is 10.2. The number of hydrogen-bond acceptors (Lipinski definition) is 2. The third-order valence-electron chi connectivity index (χ3n) is 2.92. The molecule has 1 heterocycles. The Bertz CT molecular complexity index is 514. The highest BCUT2D eigenvalue weighted by atomic mass is 16.5.